The first kappa shape index (κ1) is 18.5. The summed E-state index contributed by atoms with van der Waals surface area (Å²) < 4.78 is 5.20. The predicted octanol–water partition coefficient (Wildman–Crippen LogP) is 3.88. The van der Waals surface area contributed by atoms with Crippen molar-refractivity contribution in [3.8, 4) is 11.4 Å². The van der Waals surface area contributed by atoms with Gasteiger partial charge in [-0.3, -0.25) is 14.9 Å². The fraction of sp³-hybridized carbons (Fsp3) is 0.167. The van der Waals surface area contributed by atoms with E-state index in [4.69, 9.17) is 16.1 Å². The quantitative estimate of drug-likeness (QED) is 0.487. The number of benzene rings is 2. The fourth-order valence-corrected chi connectivity index (χ4v) is 2.69. The predicted molar refractivity (Wildman–Crippen MR) is 98.4 cm³/mol. The number of hydrogen-bond acceptors (Lipinski definition) is 6. The van der Waals surface area contributed by atoms with Gasteiger partial charge in [-0.05, 0) is 37.3 Å². The Labute approximate surface area is 159 Å². The van der Waals surface area contributed by atoms with Crippen molar-refractivity contribution < 1.29 is 14.2 Å². The Kier molecular flexibility index (Phi) is 5.18. The minimum atomic E-state index is -0.511. The molecule has 3 aromatic rings. The van der Waals surface area contributed by atoms with Crippen molar-refractivity contribution in [3.63, 3.8) is 0 Å². The van der Waals surface area contributed by atoms with Crippen LogP contribution in [0.15, 0.2) is 47.0 Å². The van der Waals surface area contributed by atoms with Gasteiger partial charge in [-0.2, -0.15) is 4.98 Å². The number of carbonyl (C=O) groups excluding carboxylic acids is 1. The van der Waals surface area contributed by atoms with Crippen molar-refractivity contribution in [1.29, 1.82) is 0 Å². The highest BCUT2D eigenvalue weighted by Gasteiger charge is 2.22. The SMILES string of the molecule is Cc1c(C(=O)N(C)Cc2nc(-c3ccc(Cl)cc3)no2)cccc1[N+](=O)[O-]. The van der Waals surface area contributed by atoms with E-state index in [9.17, 15) is 14.9 Å². The molecule has 0 saturated carbocycles. The molecule has 0 unspecified atom stereocenters. The van der Waals surface area contributed by atoms with E-state index in [0.717, 1.165) is 5.56 Å². The minimum Gasteiger partial charge on any atom is -0.337 e. The van der Waals surface area contributed by atoms with Crippen LogP contribution >= 0.6 is 11.6 Å². The number of nitro groups is 1. The van der Waals surface area contributed by atoms with Crippen molar-refractivity contribution in [2.24, 2.45) is 0 Å². The van der Waals surface area contributed by atoms with Gasteiger partial charge in [0.25, 0.3) is 11.6 Å². The van der Waals surface area contributed by atoms with Crippen LogP contribution in [0, 0.1) is 17.0 Å². The van der Waals surface area contributed by atoms with Crippen molar-refractivity contribution in [1.82, 2.24) is 15.0 Å². The summed E-state index contributed by atoms with van der Waals surface area (Å²) in [6.07, 6.45) is 0. The standard InChI is InChI=1S/C18H15ClN4O4/c1-11-14(4-3-5-15(11)23(25)26)18(24)22(2)10-16-20-17(21-27-16)12-6-8-13(19)9-7-12/h3-9H,10H2,1-2H3. The number of amides is 1. The molecule has 0 spiro atoms. The summed E-state index contributed by atoms with van der Waals surface area (Å²) >= 11 is 5.86. The first-order valence-corrected chi connectivity index (χ1v) is 8.32. The van der Waals surface area contributed by atoms with Crippen LogP contribution in [0.25, 0.3) is 11.4 Å². The summed E-state index contributed by atoms with van der Waals surface area (Å²) in [6, 6.07) is 11.4. The van der Waals surface area contributed by atoms with Gasteiger partial charge in [0.05, 0.1) is 11.5 Å². The molecule has 9 heteroatoms. The van der Waals surface area contributed by atoms with E-state index < -0.39 is 4.92 Å². The maximum atomic E-state index is 12.7. The van der Waals surface area contributed by atoms with Gasteiger partial charge in [-0.15, -0.1) is 0 Å². The van der Waals surface area contributed by atoms with Crippen LogP contribution in [0.2, 0.25) is 5.02 Å². The first-order valence-electron chi connectivity index (χ1n) is 7.95. The second-order valence-electron chi connectivity index (χ2n) is 5.89. The van der Waals surface area contributed by atoms with E-state index in [2.05, 4.69) is 10.1 Å². The number of hydrogen-bond donors (Lipinski definition) is 0. The number of nitrogens with zero attached hydrogens (tertiary/aromatic N) is 4. The van der Waals surface area contributed by atoms with Gasteiger partial charge in [-0.25, -0.2) is 0 Å². The molecule has 0 atom stereocenters. The third-order valence-corrected chi connectivity index (χ3v) is 4.27. The van der Waals surface area contributed by atoms with E-state index in [1.807, 2.05) is 0 Å². The number of halogens is 1. The van der Waals surface area contributed by atoms with Crippen LogP contribution in [0.3, 0.4) is 0 Å². The number of carbonyl (C=O) groups is 1. The Morgan fingerprint density at radius 2 is 1.96 bits per heavy atom. The number of nitro benzene ring substituents is 1. The van der Waals surface area contributed by atoms with Crippen LogP contribution in [-0.2, 0) is 6.54 Å². The molecule has 1 heterocycles. The highest BCUT2D eigenvalue weighted by atomic mass is 35.5. The lowest BCUT2D eigenvalue weighted by atomic mass is 10.1. The molecule has 0 saturated heterocycles. The highest BCUT2D eigenvalue weighted by molar-refractivity contribution is 6.30. The van der Waals surface area contributed by atoms with Gasteiger partial charge in [0.2, 0.25) is 11.7 Å². The second-order valence-corrected chi connectivity index (χ2v) is 6.32. The van der Waals surface area contributed by atoms with Gasteiger partial charge >= 0.3 is 0 Å². The van der Waals surface area contributed by atoms with Gasteiger partial charge in [0.15, 0.2) is 0 Å². The molecular weight excluding hydrogens is 372 g/mol. The number of aromatic nitrogens is 2. The maximum Gasteiger partial charge on any atom is 0.273 e. The molecular formula is C18H15ClN4O4. The Morgan fingerprint density at radius 1 is 1.26 bits per heavy atom. The topological polar surface area (TPSA) is 102 Å². The van der Waals surface area contributed by atoms with Crippen LogP contribution in [0.4, 0.5) is 5.69 Å². The van der Waals surface area contributed by atoms with Crippen molar-refractivity contribution >= 4 is 23.2 Å². The third kappa shape index (κ3) is 3.95. The molecule has 1 amide bonds. The van der Waals surface area contributed by atoms with E-state index in [-0.39, 0.29) is 29.6 Å². The molecule has 3 rings (SSSR count). The van der Waals surface area contributed by atoms with Crippen molar-refractivity contribution in [2.45, 2.75) is 13.5 Å². The molecule has 0 aliphatic heterocycles. The third-order valence-electron chi connectivity index (χ3n) is 4.02. The largest absolute Gasteiger partial charge is 0.337 e. The fourth-order valence-electron chi connectivity index (χ4n) is 2.57. The van der Waals surface area contributed by atoms with E-state index in [0.29, 0.717) is 16.4 Å². The molecule has 0 bridgehead atoms. The molecule has 0 fully saturated rings. The lowest BCUT2D eigenvalue weighted by molar-refractivity contribution is -0.385. The molecule has 0 N–H and O–H groups in total. The summed E-state index contributed by atoms with van der Waals surface area (Å²) in [6.45, 7) is 1.62. The van der Waals surface area contributed by atoms with Gasteiger partial charge in [0, 0.05) is 34.8 Å². The lowest BCUT2D eigenvalue weighted by Crippen LogP contribution is -2.27. The minimum absolute atomic E-state index is 0.0710. The molecule has 2 aromatic carbocycles. The van der Waals surface area contributed by atoms with Crippen molar-refractivity contribution in [2.75, 3.05) is 7.05 Å². The smallest absolute Gasteiger partial charge is 0.273 e. The van der Waals surface area contributed by atoms with E-state index in [1.54, 1.807) is 44.3 Å². The first-order chi connectivity index (χ1) is 12.9. The normalized spacial score (nSPS) is 10.6. The van der Waals surface area contributed by atoms with Crippen molar-refractivity contribution in [3.05, 3.63) is 74.6 Å². The van der Waals surface area contributed by atoms with Gasteiger partial charge in [-0.1, -0.05) is 22.8 Å². The summed E-state index contributed by atoms with van der Waals surface area (Å²) in [7, 11) is 1.56. The monoisotopic (exact) mass is 386 g/mol. The van der Waals surface area contributed by atoms with Gasteiger partial charge < -0.3 is 9.42 Å². The zero-order chi connectivity index (χ0) is 19.6. The summed E-state index contributed by atoms with van der Waals surface area (Å²) in [5, 5.41) is 15.6. The molecule has 138 valence electrons. The lowest BCUT2D eigenvalue weighted by Gasteiger charge is -2.16. The molecule has 0 radical (unpaired) electrons. The molecule has 1 aromatic heterocycles. The Morgan fingerprint density at radius 3 is 2.63 bits per heavy atom. The maximum absolute atomic E-state index is 12.7. The zero-order valence-corrected chi connectivity index (χ0v) is 15.3. The van der Waals surface area contributed by atoms with Crippen LogP contribution < -0.4 is 0 Å². The Balaban J connectivity index is 1.77. The van der Waals surface area contributed by atoms with Crippen LogP contribution in [0.5, 0.6) is 0 Å². The van der Waals surface area contributed by atoms with Crippen LogP contribution in [0.1, 0.15) is 21.8 Å². The highest BCUT2D eigenvalue weighted by Crippen LogP contribution is 2.23. The summed E-state index contributed by atoms with van der Waals surface area (Å²) in [4.78, 5) is 28.8. The van der Waals surface area contributed by atoms with E-state index >= 15 is 0 Å². The zero-order valence-electron chi connectivity index (χ0n) is 14.5. The van der Waals surface area contributed by atoms with Crippen LogP contribution in [-0.4, -0.2) is 32.9 Å². The second kappa shape index (κ2) is 7.55. The average Bonchev–Trinajstić information content (AvgIpc) is 3.10. The molecule has 0 aliphatic rings. The summed E-state index contributed by atoms with van der Waals surface area (Å²) in [5.41, 5.74) is 1.20. The molecule has 0 aliphatic carbocycles. The number of rotatable bonds is 5. The van der Waals surface area contributed by atoms with Gasteiger partial charge in [0.1, 0.15) is 0 Å². The molecule has 27 heavy (non-hydrogen) atoms. The van der Waals surface area contributed by atoms with E-state index in [1.165, 1.54) is 17.0 Å². The Hall–Kier alpha value is -3.26. The summed E-state index contributed by atoms with van der Waals surface area (Å²) in [5.74, 6) is 0.260. The average molecular weight is 387 g/mol. The molecule has 8 nitrogen and oxygen atoms in total. The Bertz CT molecular complexity index is 1000.